The predicted octanol–water partition coefficient (Wildman–Crippen LogP) is 2.41. The van der Waals surface area contributed by atoms with E-state index in [-0.39, 0.29) is 30.8 Å². The minimum absolute atomic E-state index is 0.0553. The van der Waals surface area contributed by atoms with Crippen molar-refractivity contribution in [3.63, 3.8) is 0 Å². The molecule has 1 amide bonds. The van der Waals surface area contributed by atoms with Crippen molar-refractivity contribution in [1.29, 1.82) is 0 Å². The normalized spacial score (nSPS) is 17.8. The second kappa shape index (κ2) is 6.21. The lowest BCUT2D eigenvalue weighted by atomic mass is 9.80. The summed E-state index contributed by atoms with van der Waals surface area (Å²) < 4.78 is 5.15. The molecule has 4 heteroatoms. The van der Waals surface area contributed by atoms with Crippen molar-refractivity contribution in [2.24, 2.45) is 5.92 Å². The van der Waals surface area contributed by atoms with Gasteiger partial charge < -0.3 is 10.1 Å². The quantitative estimate of drug-likeness (QED) is 0.768. The molecule has 0 aliphatic heterocycles. The van der Waals surface area contributed by atoms with Crippen molar-refractivity contribution in [2.75, 3.05) is 0 Å². The highest BCUT2D eigenvalue weighted by Crippen LogP contribution is 2.29. The summed E-state index contributed by atoms with van der Waals surface area (Å²) in [6, 6.07) is 0.227. The molecular formula is C14H25NO3. The van der Waals surface area contributed by atoms with Crippen molar-refractivity contribution >= 4 is 11.9 Å². The third-order valence-corrected chi connectivity index (χ3v) is 3.22. The summed E-state index contributed by atoms with van der Waals surface area (Å²) in [5.41, 5.74) is -0.479. The van der Waals surface area contributed by atoms with E-state index in [4.69, 9.17) is 4.74 Å². The molecule has 0 radical (unpaired) electrons. The summed E-state index contributed by atoms with van der Waals surface area (Å²) in [5.74, 6) is 0.254. The molecule has 1 fully saturated rings. The van der Waals surface area contributed by atoms with Crippen LogP contribution in [0.5, 0.6) is 0 Å². The van der Waals surface area contributed by atoms with Crippen LogP contribution in [0, 0.1) is 5.92 Å². The second-order valence-electron chi connectivity index (χ2n) is 6.13. The van der Waals surface area contributed by atoms with E-state index >= 15 is 0 Å². The lowest BCUT2D eigenvalue weighted by molar-refractivity contribution is -0.155. The van der Waals surface area contributed by atoms with Gasteiger partial charge >= 0.3 is 5.97 Å². The number of nitrogens with one attached hydrogen (secondary N) is 1. The molecule has 1 rings (SSSR count). The molecule has 0 aromatic rings. The first-order valence-electron chi connectivity index (χ1n) is 6.79. The van der Waals surface area contributed by atoms with E-state index in [0.29, 0.717) is 5.92 Å². The SMILES string of the molecule is C[C@H](NC(=O)CCC(=O)OC(C)(C)C)C1CCC1. The van der Waals surface area contributed by atoms with Gasteiger partial charge in [-0.3, -0.25) is 9.59 Å². The van der Waals surface area contributed by atoms with Crippen molar-refractivity contribution < 1.29 is 14.3 Å². The molecule has 0 aromatic heterocycles. The largest absolute Gasteiger partial charge is 0.460 e. The van der Waals surface area contributed by atoms with Gasteiger partial charge in [-0.15, -0.1) is 0 Å². The van der Waals surface area contributed by atoms with Gasteiger partial charge in [-0.1, -0.05) is 6.42 Å². The van der Waals surface area contributed by atoms with Gasteiger partial charge in [0.2, 0.25) is 5.91 Å². The topological polar surface area (TPSA) is 55.4 Å². The van der Waals surface area contributed by atoms with E-state index < -0.39 is 5.60 Å². The van der Waals surface area contributed by atoms with Crippen molar-refractivity contribution in [3.8, 4) is 0 Å². The first kappa shape index (κ1) is 15.0. The van der Waals surface area contributed by atoms with E-state index in [1.807, 2.05) is 27.7 Å². The fraction of sp³-hybridized carbons (Fsp3) is 0.857. The fourth-order valence-electron chi connectivity index (χ4n) is 1.99. The number of amides is 1. The summed E-state index contributed by atoms with van der Waals surface area (Å²) in [7, 11) is 0. The maximum Gasteiger partial charge on any atom is 0.306 e. The fourth-order valence-corrected chi connectivity index (χ4v) is 1.99. The third kappa shape index (κ3) is 5.52. The van der Waals surface area contributed by atoms with Crippen molar-refractivity contribution in [1.82, 2.24) is 5.32 Å². The highest BCUT2D eigenvalue weighted by atomic mass is 16.6. The lowest BCUT2D eigenvalue weighted by Gasteiger charge is -2.31. The van der Waals surface area contributed by atoms with Crippen LogP contribution in [0.2, 0.25) is 0 Å². The molecule has 104 valence electrons. The molecule has 0 saturated heterocycles. The van der Waals surface area contributed by atoms with Crippen molar-refractivity contribution in [3.05, 3.63) is 0 Å². The van der Waals surface area contributed by atoms with Crippen molar-refractivity contribution in [2.45, 2.75) is 71.4 Å². The first-order valence-corrected chi connectivity index (χ1v) is 6.79. The molecule has 4 nitrogen and oxygen atoms in total. The van der Waals surface area contributed by atoms with Crippen LogP contribution >= 0.6 is 0 Å². The maximum absolute atomic E-state index is 11.6. The zero-order chi connectivity index (χ0) is 13.8. The van der Waals surface area contributed by atoms with Gasteiger partial charge in [-0.05, 0) is 46.5 Å². The molecule has 1 aliphatic carbocycles. The number of hydrogen-bond donors (Lipinski definition) is 1. The minimum atomic E-state index is -0.479. The molecular weight excluding hydrogens is 230 g/mol. The Labute approximate surface area is 109 Å². The van der Waals surface area contributed by atoms with E-state index in [2.05, 4.69) is 5.32 Å². The molecule has 0 heterocycles. The maximum atomic E-state index is 11.6. The lowest BCUT2D eigenvalue weighted by Crippen LogP contribution is -2.40. The number of hydrogen-bond acceptors (Lipinski definition) is 3. The van der Waals surface area contributed by atoms with Gasteiger partial charge in [0.05, 0.1) is 6.42 Å². The number of esters is 1. The van der Waals surface area contributed by atoms with E-state index in [0.717, 1.165) is 0 Å². The average Bonchev–Trinajstić information content (AvgIpc) is 2.08. The highest BCUT2D eigenvalue weighted by molar-refractivity contribution is 5.81. The van der Waals surface area contributed by atoms with Crippen LogP contribution < -0.4 is 5.32 Å². The Morgan fingerprint density at radius 2 is 1.89 bits per heavy atom. The highest BCUT2D eigenvalue weighted by Gasteiger charge is 2.25. The number of rotatable bonds is 5. The summed E-state index contributed by atoms with van der Waals surface area (Å²) in [4.78, 5) is 23.1. The zero-order valence-electron chi connectivity index (χ0n) is 11.9. The predicted molar refractivity (Wildman–Crippen MR) is 70.0 cm³/mol. The second-order valence-corrected chi connectivity index (χ2v) is 6.13. The Morgan fingerprint density at radius 3 is 2.33 bits per heavy atom. The standard InChI is InChI=1S/C14H25NO3/c1-10(11-6-5-7-11)15-12(16)8-9-13(17)18-14(2,3)4/h10-11H,5-9H2,1-4H3,(H,15,16)/t10-/m0/s1. The molecule has 0 aromatic carbocycles. The number of ether oxygens (including phenoxy) is 1. The summed E-state index contributed by atoms with van der Waals surface area (Å²) in [5, 5.41) is 2.95. The monoisotopic (exact) mass is 255 g/mol. The Hall–Kier alpha value is -1.06. The third-order valence-electron chi connectivity index (χ3n) is 3.22. The Balaban J connectivity index is 2.18. The van der Waals surface area contributed by atoms with Gasteiger partial charge in [0, 0.05) is 12.5 Å². The van der Waals surface area contributed by atoms with Crippen LogP contribution in [-0.4, -0.2) is 23.5 Å². The molecule has 0 spiro atoms. The molecule has 0 bridgehead atoms. The molecule has 18 heavy (non-hydrogen) atoms. The summed E-state index contributed by atoms with van der Waals surface area (Å²) in [6.07, 6.45) is 4.04. The molecule has 1 aliphatic rings. The van der Waals surface area contributed by atoms with Crippen LogP contribution in [0.25, 0.3) is 0 Å². The molecule has 1 N–H and O–H groups in total. The Bertz CT molecular complexity index is 303. The van der Waals surface area contributed by atoms with Crippen LogP contribution in [0.4, 0.5) is 0 Å². The van der Waals surface area contributed by atoms with Gasteiger partial charge in [-0.2, -0.15) is 0 Å². The minimum Gasteiger partial charge on any atom is -0.460 e. The number of carbonyl (C=O) groups is 2. The zero-order valence-corrected chi connectivity index (χ0v) is 11.9. The number of carbonyl (C=O) groups excluding carboxylic acids is 2. The van der Waals surface area contributed by atoms with Crippen LogP contribution in [0.15, 0.2) is 0 Å². The van der Waals surface area contributed by atoms with E-state index in [1.54, 1.807) is 0 Å². The van der Waals surface area contributed by atoms with Crippen LogP contribution in [-0.2, 0) is 14.3 Å². The van der Waals surface area contributed by atoms with E-state index in [9.17, 15) is 9.59 Å². The first-order chi connectivity index (χ1) is 8.28. The smallest absolute Gasteiger partial charge is 0.306 e. The van der Waals surface area contributed by atoms with Crippen LogP contribution in [0.1, 0.15) is 59.8 Å². The van der Waals surface area contributed by atoms with E-state index in [1.165, 1.54) is 19.3 Å². The molecule has 0 unspecified atom stereocenters. The van der Waals surface area contributed by atoms with Gasteiger partial charge in [0.15, 0.2) is 0 Å². The van der Waals surface area contributed by atoms with Gasteiger partial charge in [-0.25, -0.2) is 0 Å². The Kier molecular flexibility index (Phi) is 5.17. The van der Waals surface area contributed by atoms with Gasteiger partial charge in [0.1, 0.15) is 5.60 Å². The van der Waals surface area contributed by atoms with Crippen LogP contribution in [0.3, 0.4) is 0 Å². The molecule has 1 atom stereocenters. The molecule has 1 saturated carbocycles. The van der Waals surface area contributed by atoms with Gasteiger partial charge in [0.25, 0.3) is 0 Å². The summed E-state index contributed by atoms with van der Waals surface area (Å²) in [6.45, 7) is 7.51. The average molecular weight is 255 g/mol. The summed E-state index contributed by atoms with van der Waals surface area (Å²) >= 11 is 0. The Morgan fingerprint density at radius 1 is 1.28 bits per heavy atom.